The fourth-order valence-corrected chi connectivity index (χ4v) is 2.82. The highest BCUT2D eigenvalue weighted by molar-refractivity contribution is 7.99. The Morgan fingerprint density at radius 3 is 2.71 bits per heavy atom. The van der Waals surface area contributed by atoms with E-state index in [1.165, 1.54) is 16.3 Å². The van der Waals surface area contributed by atoms with Crippen molar-refractivity contribution in [2.45, 2.75) is 37.7 Å². The molecule has 0 aliphatic heterocycles. The predicted octanol–water partition coefficient (Wildman–Crippen LogP) is 2.07. The van der Waals surface area contributed by atoms with E-state index in [4.69, 9.17) is 11.6 Å². The average Bonchev–Trinajstić information content (AvgIpc) is 2.72. The molecule has 2 rings (SSSR count). The molecular weight excluding hydrogens is 312 g/mol. The molecule has 0 saturated heterocycles. The number of rotatable bonds is 4. The summed E-state index contributed by atoms with van der Waals surface area (Å²) < 4.78 is 3.12. The summed E-state index contributed by atoms with van der Waals surface area (Å²) >= 11 is 7.42. The van der Waals surface area contributed by atoms with Crippen LogP contribution in [0.15, 0.2) is 25.9 Å². The highest BCUT2D eigenvalue weighted by Crippen LogP contribution is 2.25. The number of nitrogens with one attached hydrogen (secondary N) is 1. The molecule has 0 atom stereocenters. The van der Waals surface area contributed by atoms with E-state index in [1.807, 2.05) is 13.8 Å². The van der Waals surface area contributed by atoms with Crippen molar-refractivity contribution >= 4 is 34.5 Å². The fraction of sp³-hybridized carbons (Fsp3) is 0.462. The van der Waals surface area contributed by atoms with Crippen LogP contribution in [0.1, 0.15) is 20.8 Å². The van der Waals surface area contributed by atoms with Crippen molar-refractivity contribution in [3.63, 3.8) is 0 Å². The third-order valence-corrected chi connectivity index (χ3v) is 4.02. The van der Waals surface area contributed by atoms with Crippen LogP contribution in [0.3, 0.4) is 0 Å². The van der Waals surface area contributed by atoms with Gasteiger partial charge in [0, 0.05) is 23.9 Å². The van der Waals surface area contributed by atoms with E-state index in [0.717, 1.165) is 0 Å². The number of aryl methyl sites for hydroxylation is 1. The quantitative estimate of drug-likeness (QED) is 0.872. The van der Waals surface area contributed by atoms with Crippen molar-refractivity contribution in [1.29, 1.82) is 0 Å². The summed E-state index contributed by atoms with van der Waals surface area (Å²) in [5.74, 6) is 0. The summed E-state index contributed by atoms with van der Waals surface area (Å²) in [5, 5.41) is 1.64. The van der Waals surface area contributed by atoms with Gasteiger partial charge in [-0.25, -0.2) is 9.78 Å². The van der Waals surface area contributed by atoms with Crippen LogP contribution in [0.5, 0.6) is 0 Å². The van der Waals surface area contributed by atoms with Crippen molar-refractivity contribution in [1.82, 2.24) is 19.1 Å². The molecule has 2 aromatic heterocycles. The van der Waals surface area contributed by atoms with Crippen LogP contribution in [-0.4, -0.2) is 24.4 Å². The number of aromatic nitrogens is 4. The zero-order valence-corrected chi connectivity index (χ0v) is 13.9. The Labute approximate surface area is 130 Å². The van der Waals surface area contributed by atoms with Crippen LogP contribution in [0.2, 0.25) is 0 Å². The first-order valence-corrected chi connectivity index (χ1v) is 7.75. The Morgan fingerprint density at radius 2 is 2.14 bits per heavy atom. The molecular formula is C13H17ClN4O2S. The maximum absolute atomic E-state index is 12.1. The molecule has 0 aliphatic rings. The van der Waals surface area contributed by atoms with E-state index < -0.39 is 11.2 Å². The molecule has 8 heteroatoms. The molecule has 2 heterocycles. The van der Waals surface area contributed by atoms with E-state index in [2.05, 4.69) is 9.97 Å². The zero-order chi connectivity index (χ0) is 15.7. The highest BCUT2D eigenvalue weighted by atomic mass is 35.5. The van der Waals surface area contributed by atoms with E-state index in [9.17, 15) is 9.59 Å². The number of nitrogens with zero attached hydrogens (tertiary/aromatic N) is 3. The van der Waals surface area contributed by atoms with Crippen molar-refractivity contribution in [3.05, 3.63) is 31.9 Å². The van der Waals surface area contributed by atoms with Crippen molar-refractivity contribution in [2.24, 2.45) is 7.05 Å². The molecule has 6 nitrogen and oxygen atoms in total. The van der Waals surface area contributed by atoms with Gasteiger partial charge in [0.05, 0.1) is 0 Å². The molecule has 114 valence electrons. The lowest BCUT2D eigenvalue weighted by molar-refractivity contribution is 0.740. The summed E-state index contributed by atoms with van der Waals surface area (Å²) in [7, 11) is 1.59. The lowest BCUT2D eigenvalue weighted by atomic mass is 10.4. The molecule has 0 aromatic carbocycles. The monoisotopic (exact) mass is 328 g/mol. The number of H-pyrrole nitrogens is 1. The average molecular weight is 329 g/mol. The van der Waals surface area contributed by atoms with Crippen molar-refractivity contribution in [2.75, 3.05) is 0 Å². The number of halogens is 1. The van der Waals surface area contributed by atoms with Gasteiger partial charge in [-0.2, -0.15) is 0 Å². The SMILES string of the molecule is CC(Cl)=CCn1c(SC(C)C)nc2c1c(=O)[nH]c(=O)n2C. The Balaban J connectivity index is 2.76. The molecule has 0 unspecified atom stereocenters. The van der Waals surface area contributed by atoms with Crippen LogP contribution in [0.25, 0.3) is 11.2 Å². The molecule has 0 saturated carbocycles. The van der Waals surface area contributed by atoms with Gasteiger partial charge in [0.1, 0.15) is 0 Å². The van der Waals surface area contributed by atoms with Gasteiger partial charge in [0.25, 0.3) is 5.56 Å². The first-order valence-electron chi connectivity index (χ1n) is 6.49. The minimum atomic E-state index is -0.470. The molecule has 0 amide bonds. The van der Waals surface area contributed by atoms with E-state index in [0.29, 0.717) is 33.1 Å². The van der Waals surface area contributed by atoms with Gasteiger partial charge in [-0.05, 0) is 6.92 Å². The van der Waals surface area contributed by atoms with Crippen molar-refractivity contribution in [3.8, 4) is 0 Å². The second kappa shape index (κ2) is 6.11. The molecule has 21 heavy (non-hydrogen) atoms. The first-order chi connectivity index (χ1) is 9.81. The minimum absolute atomic E-state index is 0.303. The third kappa shape index (κ3) is 3.24. The number of fused-ring (bicyclic) bond motifs is 1. The molecule has 0 bridgehead atoms. The van der Waals surface area contributed by atoms with E-state index >= 15 is 0 Å². The molecule has 1 N–H and O–H groups in total. The van der Waals surface area contributed by atoms with Gasteiger partial charge in [0.15, 0.2) is 16.3 Å². The van der Waals surface area contributed by atoms with Gasteiger partial charge in [-0.3, -0.25) is 14.3 Å². The first kappa shape index (κ1) is 15.9. The topological polar surface area (TPSA) is 72.7 Å². The Morgan fingerprint density at radius 1 is 1.48 bits per heavy atom. The Kier molecular flexibility index (Phi) is 4.63. The number of thioether (sulfide) groups is 1. The second-order valence-corrected chi connectivity index (χ2v) is 7.09. The van der Waals surface area contributed by atoms with Crippen molar-refractivity contribution < 1.29 is 0 Å². The standard InChI is InChI=1S/C13H17ClN4O2S/c1-7(2)21-13-15-10-9(18(13)6-5-8(3)14)11(19)16-12(20)17(10)4/h5,7H,6H2,1-4H3,(H,16,19,20). The maximum atomic E-state index is 12.1. The largest absolute Gasteiger partial charge is 0.329 e. The molecule has 0 radical (unpaired) electrons. The number of hydrogen-bond acceptors (Lipinski definition) is 4. The Bertz CT molecular complexity index is 812. The lowest BCUT2D eigenvalue weighted by Gasteiger charge is -2.07. The minimum Gasteiger partial charge on any atom is -0.309 e. The normalized spacial score (nSPS) is 12.6. The van der Waals surface area contributed by atoms with Gasteiger partial charge in [-0.15, -0.1) is 0 Å². The number of allylic oxidation sites excluding steroid dienone is 2. The molecule has 2 aromatic rings. The second-order valence-electron chi connectivity index (χ2n) is 4.95. The van der Waals surface area contributed by atoms with E-state index in [1.54, 1.807) is 24.6 Å². The van der Waals surface area contributed by atoms with Crippen LogP contribution in [-0.2, 0) is 13.6 Å². The van der Waals surface area contributed by atoms with Crippen LogP contribution in [0.4, 0.5) is 0 Å². The number of hydrogen-bond donors (Lipinski definition) is 1. The molecule has 0 spiro atoms. The summed E-state index contributed by atoms with van der Waals surface area (Å²) in [6, 6.07) is 0. The lowest BCUT2D eigenvalue weighted by Crippen LogP contribution is -2.29. The summed E-state index contributed by atoms with van der Waals surface area (Å²) in [6.07, 6.45) is 1.80. The van der Waals surface area contributed by atoms with Gasteiger partial charge < -0.3 is 4.57 Å². The van der Waals surface area contributed by atoms with E-state index in [-0.39, 0.29) is 0 Å². The third-order valence-electron chi connectivity index (χ3n) is 2.87. The summed E-state index contributed by atoms with van der Waals surface area (Å²) in [6.45, 7) is 6.29. The van der Waals surface area contributed by atoms with Crippen LogP contribution in [0, 0.1) is 0 Å². The summed E-state index contributed by atoms with van der Waals surface area (Å²) in [4.78, 5) is 30.6. The zero-order valence-electron chi connectivity index (χ0n) is 12.3. The number of imidazole rings is 1. The predicted molar refractivity (Wildman–Crippen MR) is 86.2 cm³/mol. The van der Waals surface area contributed by atoms with Gasteiger partial charge in [0.2, 0.25) is 0 Å². The highest BCUT2D eigenvalue weighted by Gasteiger charge is 2.17. The Hall–Kier alpha value is -1.47. The van der Waals surface area contributed by atoms with Gasteiger partial charge >= 0.3 is 5.69 Å². The smallest absolute Gasteiger partial charge is 0.309 e. The van der Waals surface area contributed by atoms with Gasteiger partial charge in [-0.1, -0.05) is 43.3 Å². The maximum Gasteiger partial charge on any atom is 0.329 e. The van der Waals surface area contributed by atoms with Crippen LogP contribution >= 0.6 is 23.4 Å². The fourth-order valence-electron chi connectivity index (χ4n) is 1.90. The summed E-state index contributed by atoms with van der Waals surface area (Å²) in [5.41, 5.74) is -0.138. The number of aromatic amines is 1. The molecule has 0 fully saturated rings. The molecule has 0 aliphatic carbocycles. The van der Waals surface area contributed by atoms with Crippen LogP contribution < -0.4 is 11.2 Å².